The Morgan fingerprint density at radius 2 is 1.79 bits per heavy atom. The maximum absolute atomic E-state index is 3.58. The van der Waals surface area contributed by atoms with E-state index in [9.17, 15) is 0 Å². The van der Waals surface area contributed by atoms with Gasteiger partial charge >= 0.3 is 0 Å². The van der Waals surface area contributed by atoms with Crippen molar-refractivity contribution >= 4 is 0 Å². The molecule has 0 saturated heterocycles. The van der Waals surface area contributed by atoms with Gasteiger partial charge in [-0.2, -0.15) is 0 Å². The predicted molar refractivity (Wildman–Crippen MR) is 60.8 cm³/mol. The van der Waals surface area contributed by atoms with Crippen molar-refractivity contribution in [1.82, 2.24) is 5.32 Å². The second-order valence-electron chi connectivity index (χ2n) is 5.01. The van der Waals surface area contributed by atoms with Gasteiger partial charge in [-0.15, -0.1) is 0 Å². The topological polar surface area (TPSA) is 12.0 Å². The second-order valence-corrected chi connectivity index (χ2v) is 5.01. The van der Waals surface area contributed by atoms with Gasteiger partial charge in [0, 0.05) is 17.2 Å². The van der Waals surface area contributed by atoms with Crippen LogP contribution in [0, 0.1) is 11.8 Å². The summed E-state index contributed by atoms with van der Waals surface area (Å²) in [5, 5.41) is 3.58. The molecule has 0 aromatic heterocycles. The van der Waals surface area contributed by atoms with Crippen LogP contribution < -0.4 is 5.32 Å². The van der Waals surface area contributed by atoms with Crippen LogP contribution in [0.25, 0.3) is 0 Å². The van der Waals surface area contributed by atoms with Crippen LogP contribution in [0.15, 0.2) is 35.6 Å². The smallest absolute Gasteiger partial charge is 0.0384 e. The fraction of sp³-hybridized carbons (Fsp3) is 0.538. The lowest BCUT2D eigenvalue weighted by Crippen LogP contribution is -2.38. The van der Waals surface area contributed by atoms with Crippen LogP contribution in [-0.2, 0) is 0 Å². The summed E-state index contributed by atoms with van der Waals surface area (Å²) in [5.74, 6) is 1.14. The molecule has 2 aliphatic rings. The van der Waals surface area contributed by atoms with E-state index in [2.05, 4.69) is 57.3 Å². The lowest BCUT2D eigenvalue weighted by atomic mass is 9.86. The molecule has 1 aliphatic carbocycles. The Hall–Kier alpha value is -0.980. The van der Waals surface area contributed by atoms with Gasteiger partial charge in [-0.25, -0.2) is 0 Å². The van der Waals surface area contributed by atoms with Crippen molar-refractivity contribution in [3.05, 3.63) is 35.6 Å². The minimum Gasteiger partial charge on any atom is -0.379 e. The average molecular weight is 189 g/mol. The normalized spacial score (nSPS) is 34.0. The fourth-order valence-corrected chi connectivity index (χ4v) is 2.09. The van der Waals surface area contributed by atoms with E-state index in [0.717, 1.165) is 0 Å². The number of hydrogen-bond acceptors (Lipinski definition) is 1. The average Bonchev–Trinajstić information content (AvgIpc) is 2.24. The molecule has 1 aliphatic heterocycles. The first-order chi connectivity index (χ1) is 6.50. The number of hydrogen-bond donors (Lipinski definition) is 1. The van der Waals surface area contributed by atoms with Crippen LogP contribution in [0.2, 0.25) is 0 Å². The summed E-state index contributed by atoms with van der Waals surface area (Å²) in [4.78, 5) is 0. The molecule has 0 radical (unpaired) electrons. The molecule has 1 nitrogen and oxygen atoms in total. The fourth-order valence-electron chi connectivity index (χ4n) is 2.09. The molecule has 0 aromatic rings. The summed E-state index contributed by atoms with van der Waals surface area (Å²) in [6, 6.07) is 0. The van der Waals surface area contributed by atoms with Crippen molar-refractivity contribution in [2.75, 3.05) is 0 Å². The molecular weight excluding hydrogens is 170 g/mol. The zero-order valence-electron chi connectivity index (χ0n) is 9.46. The van der Waals surface area contributed by atoms with E-state index in [0.29, 0.717) is 11.8 Å². The molecule has 14 heavy (non-hydrogen) atoms. The summed E-state index contributed by atoms with van der Waals surface area (Å²) in [6.45, 7) is 9.03. The Morgan fingerprint density at radius 1 is 1.14 bits per heavy atom. The predicted octanol–water partition coefficient (Wildman–Crippen LogP) is 3.02. The third-order valence-electron chi connectivity index (χ3n) is 3.46. The third kappa shape index (κ3) is 1.41. The second kappa shape index (κ2) is 3.01. The Morgan fingerprint density at radius 3 is 2.50 bits per heavy atom. The zero-order valence-corrected chi connectivity index (χ0v) is 9.46. The number of nitrogens with one attached hydrogen (secondary N) is 1. The monoisotopic (exact) mass is 189 g/mol. The molecule has 2 atom stereocenters. The van der Waals surface area contributed by atoms with E-state index in [4.69, 9.17) is 0 Å². The SMILES string of the molecule is CC1C=CC2=C(C=C1)C(C)C(C)(C)N2. The summed E-state index contributed by atoms with van der Waals surface area (Å²) in [7, 11) is 0. The third-order valence-corrected chi connectivity index (χ3v) is 3.46. The summed E-state index contributed by atoms with van der Waals surface area (Å²) >= 11 is 0. The minimum absolute atomic E-state index is 0.194. The van der Waals surface area contributed by atoms with E-state index in [-0.39, 0.29) is 5.54 Å². The highest BCUT2D eigenvalue weighted by Crippen LogP contribution is 2.36. The lowest BCUT2D eigenvalue weighted by molar-refractivity contribution is 0.371. The van der Waals surface area contributed by atoms with Crippen molar-refractivity contribution < 1.29 is 0 Å². The Kier molecular flexibility index (Phi) is 2.06. The largest absolute Gasteiger partial charge is 0.379 e. The zero-order chi connectivity index (χ0) is 10.3. The molecule has 2 unspecified atom stereocenters. The Bertz CT molecular complexity index is 331. The Balaban J connectivity index is 2.36. The van der Waals surface area contributed by atoms with E-state index in [1.807, 2.05) is 0 Å². The number of rotatable bonds is 0. The first kappa shape index (κ1) is 9.57. The molecule has 0 aromatic carbocycles. The van der Waals surface area contributed by atoms with E-state index in [1.165, 1.54) is 11.3 Å². The van der Waals surface area contributed by atoms with E-state index >= 15 is 0 Å². The van der Waals surface area contributed by atoms with Gasteiger partial charge in [-0.3, -0.25) is 0 Å². The lowest BCUT2D eigenvalue weighted by Gasteiger charge is -2.26. The molecular formula is C13H19N. The van der Waals surface area contributed by atoms with Crippen LogP contribution in [0.1, 0.15) is 27.7 Å². The highest BCUT2D eigenvalue weighted by Gasteiger charge is 2.35. The van der Waals surface area contributed by atoms with Gasteiger partial charge in [0.15, 0.2) is 0 Å². The molecule has 0 amide bonds. The van der Waals surface area contributed by atoms with Crippen molar-refractivity contribution in [2.45, 2.75) is 33.2 Å². The molecule has 1 N–H and O–H groups in total. The quantitative estimate of drug-likeness (QED) is 0.617. The first-order valence-electron chi connectivity index (χ1n) is 5.39. The van der Waals surface area contributed by atoms with Crippen molar-refractivity contribution in [3.63, 3.8) is 0 Å². The van der Waals surface area contributed by atoms with Crippen molar-refractivity contribution in [3.8, 4) is 0 Å². The Labute approximate surface area is 86.6 Å². The highest BCUT2D eigenvalue weighted by molar-refractivity contribution is 5.43. The van der Waals surface area contributed by atoms with Gasteiger partial charge in [0.25, 0.3) is 0 Å². The van der Waals surface area contributed by atoms with Crippen LogP contribution in [0.3, 0.4) is 0 Å². The number of allylic oxidation sites excluding steroid dienone is 4. The minimum atomic E-state index is 0.194. The van der Waals surface area contributed by atoms with E-state index < -0.39 is 0 Å². The standard InChI is InChI=1S/C13H19N/c1-9-5-7-11-10(2)13(3,4)14-12(11)8-6-9/h5-10,14H,1-4H3. The molecule has 0 saturated carbocycles. The first-order valence-corrected chi connectivity index (χ1v) is 5.39. The van der Waals surface area contributed by atoms with E-state index in [1.54, 1.807) is 0 Å². The molecule has 2 rings (SSSR count). The maximum atomic E-state index is 3.58. The highest BCUT2D eigenvalue weighted by atomic mass is 15.0. The van der Waals surface area contributed by atoms with Gasteiger partial charge in [0.2, 0.25) is 0 Å². The maximum Gasteiger partial charge on any atom is 0.0384 e. The molecule has 0 bridgehead atoms. The molecule has 0 fully saturated rings. The van der Waals surface area contributed by atoms with Crippen molar-refractivity contribution in [1.29, 1.82) is 0 Å². The van der Waals surface area contributed by atoms with Crippen LogP contribution in [-0.4, -0.2) is 5.54 Å². The molecule has 1 heteroatoms. The molecule has 0 spiro atoms. The van der Waals surface area contributed by atoms with Crippen molar-refractivity contribution in [2.24, 2.45) is 11.8 Å². The summed E-state index contributed by atoms with van der Waals surface area (Å²) in [6.07, 6.45) is 9.04. The van der Waals surface area contributed by atoms with Gasteiger partial charge < -0.3 is 5.32 Å². The molecule has 76 valence electrons. The summed E-state index contributed by atoms with van der Waals surface area (Å²) in [5.41, 5.74) is 2.96. The van der Waals surface area contributed by atoms with Gasteiger partial charge in [0.05, 0.1) is 0 Å². The summed E-state index contributed by atoms with van der Waals surface area (Å²) < 4.78 is 0. The van der Waals surface area contributed by atoms with Gasteiger partial charge in [-0.1, -0.05) is 32.1 Å². The van der Waals surface area contributed by atoms with Crippen LogP contribution >= 0.6 is 0 Å². The molecule has 1 heterocycles. The van der Waals surface area contributed by atoms with Crippen LogP contribution in [0.4, 0.5) is 0 Å². The van der Waals surface area contributed by atoms with Crippen LogP contribution in [0.5, 0.6) is 0 Å². The van der Waals surface area contributed by atoms with Gasteiger partial charge in [0.1, 0.15) is 0 Å². The van der Waals surface area contributed by atoms with Gasteiger partial charge in [-0.05, 0) is 31.4 Å².